The van der Waals surface area contributed by atoms with E-state index in [-0.39, 0.29) is 11.7 Å². The van der Waals surface area contributed by atoms with E-state index in [0.29, 0.717) is 43.8 Å². The summed E-state index contributed by atoms with van der Waals surface area (Å²) in [7, 11) is -3.32. The molecule has 0 bridgehead atoms. The lowest BCUT2D eigenvalue weighted by Gasteiger charge is -2.35. The second kappa shape index (κ2) is 9.34. The molecule has 1 aromatic heterocycles. The molecule has 158 valence electrons. The first kappa shape index (κ1) is 20.5. The zero-order chi connectivity index (χ0) is 20.1. The van der Waals surface area contributed by atoms with Crippen LogP contribution in [0.1, 0.15) is 36.0 Å². The standard InChI is InChI=1S/C20H27N3O5S/c24-29(25,15-17-4-2-1-3-5-17)23-12-18(13-23)20-21-19(22-28-20)8-11-27-14-16-6-9-26-10-7-16/h1-5,16,18H,6-15H2. The largest absolute Gasteiger partial charge is 0.381 e. The molecule has 0 saturated carbocycles. The molecule has 2 aliphatic rings. The number of hydrogen-bond acceptors (Lipinski definition) is 7. The van der Waals surface area contributed by atoms with E-state index in [2.05, 4.69) is 10.1 Å². The fourth-order valence-electron chi connectivity index (χ4n) is 3.56. The van der Waals surface area contributed by atoms with Gasteiger partial charge in [-0.25, -0.2) is 8.42 Å². The molecule has 0 aliphatic carbocycles. The molecule has 0 radical (unpaired) electrons. The SMILES string of the molecule is O=S(=O)(Cc1ccccc1)N1CC(c2nc(CCOCC3CCOCC3)no2)C1. The molecule has 8 nitrogen and oxygen atoms in total. The van der Waals surface area contributed by atoms with E-state index in [4.69, 9.17) is 14.0 Å². The van der Waals surface area contributed by atoms with Crippen LogP contribution in [-0.2, 0) is 31.7 Å². The lowest BCUT2D eigenvalue weighted by atomic mass is 10.0. The molecule has 0 amide bonds. The first-order chi connectivity index (χ1) is 14.1. The average molecular weight is 422 g/mol. The van der Waals surface area contributed by atoms with Crippen molar-refractivity contribution in [3.63, 3.8) is 0 Å². The summed E-state index contributed by atoms with van der Waals surface area (Å²) in [6.45, 7) is 3.71. The molecule has 9 heteroatoms. The van der Waals surface area contributed by atoms with Gasteiger partial charge < -0.3 is 14.0 Å². The van der Waals surface area contributed by atoms with Crippen molar-refractivity contribution in [2.45, 2.75) is 30.9 Å². The van der Waals surface area contributed by atoms with E-state index >= 15 is 0 Å². The molecule has 4 rings (SSSR count). The third-order valence-corrected chi connectivity index (χ3v) is 7.21. The Morgan fingerprint density at radius 2 is 1.90 bits per heavy atom. The fraction of sp³-hybridized carbons (Fsp3) is 0.600. The van der Waals surface area contributed by atoms with Gasteiger partial charge in [-0.05, 0) is 24.3 Å². The fourth-order valence-corrected chi connectivity index (χ4v) is 5.17. The lowest BCUT2D eigenvalue weighted by Crippen LogP contribution is -2.48. The molecule has 2 aliphatic heterocycles. The number of ether oxygens (including phenoxy) is 2. The number of benzene rings is 1. The Morgan fingerprint density at radius 3 is 2.66 bits per heavy atom. The molecular weight excluding hydrogens is 394 g/mol. The highest BCUT2D eigenvalue weighted by Crippen LogP contribution is 2.29. The van der Waals surface area contributed by atoms with Crippen LogP contribution in [0.2, 0.25) is 0 Å². The number of hydrogen-bond donors (Lipinski definition) is 0. The quantitative estimate of drug-likeness (QED) is 0.572. The van der Waals surface area contributed by atoms with Gasteiger partial charge in [0.2, 0.25) is 15.9 Å². The van der Waals surface area contributed by atoms with E-state index in [9.17, 15) is 8.42 Å². The van der Waals surface area contributed by atoms with Crippen molar-refractivity contribution in [1.29, 1.82) is 0 Å². The van der Waals surface area contributed by atoms with Crippen LogP contribution in [0.3, 0.4) is 0 Å². The Hall–Kier alpha value is -1.81. The Kier molecular flexibility index (Phi) is 6.59. The molecule has 1 aromatic carbocycles. The summed E-state index contributed by atoms with van der Waals surface area (Å²) in [5.41, 5.74) is 0.789. The minimum absolute atomic E-state index is 0.0140. The Bertz CT molecular complexity index is 875. The van der Waals surface area contributed by atoms with E-state index in [0.717, 1.165) is 38.2 Å². The maximum absolute atomic E-state index is 12.5. The zero-order valence-electron chi connectivity index (χ0n) is 16.4. The van der Waals surface area contributed by atoms with E-state index in [1.54, 1.807) is 0 Å². The van der Waals surface area contributed by atoms with E-state index < -0.39 is 10.0 Å². The number of nitrogens with zero attached hydrogens (tertiary/aromatic N) is 3. The molecule has 0 atom stereocenters. The third kappa shape index (κ3) is 5.42. The summed E-state index contributed by atoms with van der Waals surface area (Å²) in [5, 5.41) is 4.00. The summed E-state index contributed by atoms with van der Waals surface area (Å²) < 4.78 is 42.9. The van der Waals surface area contributed by atoms with Crippen LogP contribution in [0.5, 0.6) is 0 Å². The van der Waals surface area contributed by atoms with Gasteiger partial charge in [0.1, 0.15) is 0 Å². The Labute approximate surface area is 171 Å². The molecular formula is C20H27N3O5S. The topological polar surface area (TPSA) is 94.8 Å². The van der Waals surface area contributed by atoms with Crippen LogP contribution in [0, 0.1) is 5.92 Å². The highest BCUT2D eigenvalue weighted by Gasteiger charge is 2.39. The number of rotatable bonds is 9. The first-order valence-electron chi connectivity index (χ1n) is 10.1. The monoisotopic (exact) mass is 421 g/mol. The molecule has 29 heavy (non-hydrogen) atoms. The molecule has 3 heterocycles. The summed E-state index contributed by atoms with van der Waals surface area (Å²) in [5.74, 6) is 1.67. The molecule has 0 spiro atoms. The van der Waals surface area contributed by atoms with Crippen molar-refractivity contribution < 1.29 is 22.4 Å². The molecule has 2 aromatic rings. The van der Waals surface area contributed by atoms with Crippen LogP contribution >= 0.6 is 0 Å². The molecule has 2 saturated heterocycles. The molecule has 0 N–H and O–H groups in total. The predicted octanol–water partition coefficient (Wildman–Crippen LogP) is 1.98. The predicted molar refractivity (Wildman–Crippen MR) is 106 cm³/mol. The average Bonchev–Trinajstić information content (AvgIpc) is 3.13. The van der Waals surface area contributed by atoms with Crippen LogP contribution in [0.4, 0.5) is 0 Å². The van der Waals surface area contributed by atoms with Crippen molar-refractivity contribution >= 4 is 10.0 Å². The van der Waals surface area contributed by atoms with E-state index in [1.807, 2.05) is 30.3 Å². The highest BCUT2D eigenvalue weighted by atomic mass is 32.2. The maximum atomic E-state index is 12.5. The van der Waals surface area contributed by atoms with Gasteiger partial charge in [-0.15, -0.1) is 0 Å². The van der Waals surface area contributed by atoms with Gasteiger partial charge in [0.15, 0.2) is 5.82 Å². The summed E-state index contributed by atoms with van der Waals surface area (Å²) >= 11 is 0. The zero-order valence-corrected chi connectivity index (χ0v) is 17.2. The summed E-state index contributed by atoms with van der Waals surface area (Å²) in [6.07, 6.45) is 2.70. The van der Waals surface area contributed by atoms with Gasteiger partial charge >= 0.3 is 0 Å². The molecule has 2 fully saturated rings. The molecule has 0 unspecified atom stereocenters. The third-order valence-electron chi connectivity index (χ3n) is 5.43. The van der Waals surface area contributed by atoms with Gasteiger partial charge in [-0.1, -0.05) is 35.5 Å². The van der Waals surface area contributed by atoms with Gasteiger partial charge in [0.05, 0.1) is 18.3 Å². The maximum Gasteiger partial charge on any atom is 0.232 e. The van der Waals surface area contributed by atoms with Gasteiger partial charge in [0.25, 0.3) is 0 Å². The van der Waals surface area contributed by atoms with Crippen molar-refractivity contribution in [3.05, 3.63) is 47.6 Å². The van der Waals surface area contributed by atoms with Crippen molar-refractivity contribution in [1.82, 2.24) is 14.4 Å². The second-order valence-electron chi connectivity index (χ2n) is 7.69. The van der Waals surface area contributed by atoms with Gasteiger partial charge in [0, 0.05) is 39.3 Å². The van der Waals surface area contributed by atoms with Gasteiger partial charge in [-0.2, -0.15) is 9.29 Å². The van der Waals surface area contributed by atoms with Crippen molar-refractivity contribution in [2.75, 3.05) is 39.5 Å². The van der Waals surface area contributed by atoms with E-state index in [1.165, 1.54) is 4.31 Å². The second-order valence-corrected chi connectivity index (χ2v) is 9.65. The summed E-state index contributed by atoms with van der Waals surface area (Å²) in [4.78, 5) is 4.42. The first-order valence-corrected chi connectivity index (χ1v) is 11.7. The number of aromatic nitrogens is 2. The summed E-state index contributed by atoms with van der Waals surface area (Å²) in [6, 6.07) is 9.21. The normalized spacial score (nSPS) is 19.3. The van der Waals surface area contributed by atoms with Crippen LogP contribution in [0.25, 0.3) is 0 Å². The minimum Gasteiger partial charge on any atom is -0.381 e. The Balaban J connectivity index is 1.19. The van der Waals surface area contributed by atoms with Crippen LogP contribution < -0.4 is 0 Å². The highest BCUT2D eigenvalue weighted by molar-refractivity contribution is 7.88. The van der Waals surface area contributed by atoms with Crippen molar-refractivity contribution in [2.24, 2.45) is 5.92 Å². The van der Waals surface area contributed by atoms with Crippen LogP contribution in [0.15, 0.2) is 34.9 Å². The smallest absolute Gasteiger partial charge is 0.232 e. The van der Waals surface area contributed by atoms with Gasteiger partial charge in [-0.3, -0.25) is 0 Å². The van der Waals surface area contributed by atoms with Crippen molar-refractivity contribution in [3.8, 4) is 0 Å². The lowest BCUT2D eigenvalue weighted by molar-refractivity contribution is 0.0211. The number of sulfonamides is 1. The van der Waals surface area contributed by atoms with Crippen LogP contribution in [-0.4, -0.2) is 62.4 Å². The minimum atomic E-state index is -3.32. The Morgan fingerprint density at radius 1 is 1.14 bits per heavy atom.